The minimum atomic E-state index is -0.138. The Morgan fingerprint density at radius 2 is 1.80 bits per heavy atom. The first-order chi connectivity index (χ1) is 12.1. The predicted octanol–water partition coefficient (Wildman–Crippen LogP) is 4.04. The standard InChI is InChI=1S/C19H25NO5/c1-5-24-18-15(12(2)21)16(22-3)13-11-14(20-9-7-6-8-10-20)25-17(13)19(18)23-4/h11H,5-10H2,1-4H3. The van der Waals surface area contributed by atoms with Crippen molar-refractivity contribution in [2.24, 2.45) is 0 Å². The highest BCUT2D eigenvalue weighted by molar-refractivity contribution is 6.08. The van der Waals surface area contributed by atoms with Gasteiger partial charge in [0, 0.05) is 19.2 Å². The summed E-state index contributed by atoms with van der Waals surface area (Å²) in [6, 6.07) is 1.93. The lowest BCUT2D eigenvalue weighted by molar-refractivity contribution is 0.101. The monoisotopic (exact) mass is 347 g/mol. The van der Waals surface area contributed by atoms with Crippen molar-refractivity contribution in [2.75, 3.05) is 38.8 Å². The summed E-state index contributed by atoms with van der Waals surface area (Å²) in [7, 11) is 3.10. The second-order valence-electron chi connectivity index (χ2n) is 6.13. The fourth-order valence-corrected chi connectivity index (χ4v) is 3.44. The lowest BCUT2D eigenvalue weighted by Gasteiger charge is -2.25. The van der Waals surface area contributed by atoms with Gasteiger partial charge in [0.15, 0.2) is 23.0 Å². The van der Waals surface area contributed by atoms with Crippen molar-refractivity contribution in [3.8, 4) is 17.2 Å². The summed E-state index contributed by atoms with van der Waals surface area (Å²) in [6.45, 7) is 5.69. The molecule has 3 rings (SSSR count). The Kier molecular flexibility index (Phi) is 5.06. The second kappa shape index (κ2) is 7.25. The van der Waals surface area contributed by atoms with Crippen LogP contribution in [0.2, 0.25) is 0 Å². The molecule has 1 aromatic heterocycles. The van der Waals surface area contributed by atoms with Crippen LogP contribution >= 0.6 is 0 Å². The van der Waals surface area contributed by atoms with Gasteiger partial charge in [0.05, 0.1) is 26.2 Å². The number of hydrogen-bond acceptors (Lipinski definition) is 6. The summed E-state index contributed by atoms with van der Waals surface area (Å²) < 4.78 is 23.0. The van der Waals surface area contributed by atoms with Gasteiger partial charge in [0.1, 0.15) is 11.3 Å². The van der Waals surface area contributed by atoms with Crippen LogP contribution in [0.1, 0.15) is 43.5 Å². The molecule has 0 radical (unpaired) electrons. The van der Waals surface area contributed by atoms with Crippen molar-refractivity contribution in [1.29, 1.82) is 0 Å². The number of rotatable bonds is 6. The number of hydrogen-bond donors (Lipinski definition) is 0. The molecule has 0 unspecified atom stereocenters. The number of ether oxygens (including phenoxy) is 3. The molecule has 2 heterocycles. The summed E-state index contributed by atoms with van der Waals surface area (Å²) in [6.07, 6.45) is 3.54. The van der Waals surface area contributed by atoms with Crippen molar-refractivity contribution in [3.63, 3.8) is 0 Å². The molecule has 136 valence electrons. The van der Waals surface area contributed by atoms with Crippen LogP contribution in [-0.2, 0) is 0 Å². The van der Waals surface area contributed by atoms with Gasteiger partial charge in [-0.1, -0.05) is 0 Å². The van der Waals surface area contributed by atoms with Crippen LogP contribution in [0.15, 0.2) is 10.5 Å². The van der Waals surface area contributed by atoms with E-state index in [1.165, 1.54) is 13.3 Å². The third-order valence-corrected chi connectivity index (χ3v) is 4.55. The van der Waals surface area contributed by atoms with E-state index in [0.717, 1.165) is 37.2 Å². The quantitative estimate of drug-likeness (QED) is 0.735. The molecule has 0 aliphatic carbocycles. The molecule has 1 saturated heterocycles. The van der Waals surface area contributed by atoms with E-state index in [4.69, 9.17) is 18.6 Å². The van der Waals surface area contributed by atoms with E-state index in [-0.39, 0.29) is 5.78 Å². The number of Topliss-reactive ketones (excluding diaryl/α,β-unsaturated/α-hetero) is 1. The average molecular weight is 347 g/mol. The topological polar surface area (TPSA) is 61.1 Å². The van der Waals surface area contributed by atoms with Gasteiger partial charge < -0.3 is 23.5 Å². The van der Waals surface area contributed by atoms with Crippen LogP contribution in [-0.4, -0.2) is 39.7 Å². The molecule has 25 heavy (non-hydrogen) atoms. The summed E-state index contributed by atoms with van der Waals surface area (Å²) >= 11 is 0. The number of carbonyl (C=O) groups is 1. The molecule has 1 aromatic carbocycles. The van der Waals surface area contributed by atoms with Gasteiger partial charge in [-0.2, -0.15) is 0 Å². The summed E-state index contributed by atoms with van der Waals surface area (Å²) in [5.74, 6) is 1.92. The first-order valence-electron chi connectivity index (χ1n) is 8.72. The fourth-order valence-electron chi connectivity index (χ4n) is 3.44. The highest BCUT2D eigenvalue weighted by atomic mass is 16.5. The molecule has 0 bridgehead atoms. The van der Waals surface area contributed by atoms with Gasteiger partial charge in [-0.05, 0) is 33.1 Å². The first-order valence-corrected chi connectivity index (χ1v) is 8.72. The van der Waals surface area contributed by atoms with Gasteiger partial charge in [-0.15, -0.1) is 0 Å². The van der Waals surface area contributed by atoms with E-state index in [1.54, 1.807) is 14.2 Å². The number of piperidine rings is 1. The van der Waals surface area contributed by atoms with E-state index in [0.29, 0.717) is 35.0 Å². The zero-order chi connectivity index (χ0) is 18.0. The molecule has 2 aromatic rings. The number of methoxy groups -OCH3 is 2. The summed E-state index contributed by atoms with van der Waals surface area (Å²) in [5.41, 5.74) is 0.938. The molecular weight excluding hydrogens is 322 g/mol. The lowest BCUT2D eigenvalue weighted by Crippen LogP contribution is -2.28. The van der Waals surface area contributed by atoms with Gasteiger partial charge in [0.25, 0.3) is 0 Å². The molecule has 1 fully saturated rings. The van der Waals surface area contributed by atoms with Crippen molar-refractivity contribution >= 4 is 22.6 Å². The van der Waals surface area contributed by atoms with E-state index in [2.05, 4.69) is 4.90 Å². The van der Waals surface area contributed by atoms with Crippen LogP contribution in [0.25, 0.3) is 11.0 Å². The van der Waals surface area contributed by atoms with E-state index < -0.39 is 0 Å². The number of benzene rings is 1. The van der Waals surface area contributed by atoms with Crippen LogP contribution < -0.4 is 19.1 Å². The average Bonchev–Trinajstić information content (AvgIpc) is 3.06. The zero-order valence-electron chi connectivity index (χ0n) is 15.3. The molecule has 1 aliphatic heterocycles. The summed E-state index contributed by atoms with van der Waals surface area (Å²) in [5, 5.41) is 0.730. The number of ketones is 1. The van der Waals surface area contributed by atoms with E-state index >= 15 is 0 Å². The maximum atomic E-state index is 12.3. The van der Waals surface area contributed by atoms with E-state index in [9.17, 15) is 4.79 Å². The fraction of sp³-hybridized carbons (Fsp3) is 0.526. The van der Waals surface area contributed by atoms with Crippen LogP contribution in [0.4, 0.5) is 5.88 Å². The smallest absolute Gasteiger partial charge is 0.205 e. The molecular formula is C19H25NO5. The Labute approximate surface area is 147 Å². The zero-order valence-corrected chi connectivity index (χ0v) is 15.3. The second-order valence-corrected chi connectivity index (χ2v) is 6.13. The number of furan rings is 1. The van der Waals surface area contributed by atoms with Crippen LogP contribution in [0.3, 0.4) is 0 Å². The van der Waals surface area contributed by atoms with Crippen LogP contribution in [0, 0.1) is 0 Å². The Bertz CT molecular complexity index is 774. The maximum absolute atomic E-state index is 12.3. The third-order valence-electron chi connectivity index (χ3n) is 4.55. The molecule has 0 amide bonds. The van der Waals surface area contributed by atoms with E-state index in [1.807, 2.05) is 13.0 Å². The lowest BCUT2D eigenvalue weighted by atomic mass is 10.0. The molecule has 0 saturated carbocycles. The Hall–Kier alpha value is -2.37. The minimum absolute atomic E-state index is 0.138. The predicted molar refractivity (Wildman–Crippen MR) is 96.6 cm³/mol. The molecule has 6 nitrogen and oxygen atoms in total. The van der Waals surface area contributed by atoms with Crippen molar-refractivity contribution in [1.82, 2.24) is 0 Å². The molecule has 6 heteroatoms. The highest BCUT2D eigenvalue weighted by Crippen LogP contribution is 2.48. The van der Waals surface area contributed by atoms with Gasteiger partial charge in [0.2, 0.25) is 5.75 Å². The third kappa shape index (κ3) is 3.01. The largest absolute Gasteiger partial charge is 0.495 e. The maximum Gasteiger partial charge on any atom is 0.205 e. The first kappa shape index (κ1) is 17.5. The SMILES string of the molecule is CCOc1c(C(C)=O)c(OC)c2cc(N3CCCCC3)oc2c1OC. The number of nitrogens with zero attached hydrogens (tertiary/aromatic N) is 1. The Morgan fingerprint density at radius 3 is 2.36 bits per heavy atom. The molecule has 0 atom stereocenters. The number of carbonyl (C=O) groups excluding carboxylic acids is 1. The van der Waals surface area contributed by atoms with Gasteiger partial charge in [-0.3, -0.25) is 4.79 Å². The minimum Gasteiger partial charge on any atom is -0.495 e. The van der Waals surface area contributed by atoms with Crippen molar-refractivity contribution in [2.45, 2.75) is 33.1 Å². The van der Waals surface area contributed by atoms with Gasteiger partial charge >= 0.3 is 0 Å². The Balaban J connectivity index is 2.26. The normalized spacial score (nSPS) is 14.6. The molecule has 1 aliphatic rings. The van der Waals surface area contributed by atoms with Gasteiger partial charge in [-0.25, -0.2) is 0 Å². The van der Waals surface area contributed by atoms with Crippen molar-refractivity contribution in [3.05, 3.63) is 11.6 Å². The summed E-state index contributed by atoms with van der Waals surface area (Å²) in [4.78, 5) is 14.5. The number of anilines is 1. The number of fused-ring (bicyclic) bond motifs is 1. The molecule has 0 N–H and O–H groups in total. The Morgan fingerprint density at radius 1 is 1.12 bits per heavy atom. The van der Waals surface area contributed by atoms with Crippen LogP contribution in [0.5, 0.6) is 17.2 Å². The van der Waals surface area contributed by atoms with Crippen molar-refractivity contribution < 1.29 is 23.4 Å². The molecule has 0 spiro atoms. The highest BCUT2D eigenvalue weighted by Gasteiger charge is 2.29.